The van der Waals surface area contributed by atoms with Gasteiger partial charge in [0.1, 0.15) is 59.2 Å². The van der Waals surface area contributed by atoms with Gasteiger partial charge in [0.05, 0.1) is 25.2 Å². The number of benzene rings is 2. The summed E-state index contributed by atoms with van der Waals surface area (Å²) in [5.41, 5.74) is 1.24. The molecule has 0 saturated heterocycles. The first kappa shape index (κ1) is 38.7. The van der Waals surface area contributed by atoms with Crippen molar-refractivity contribution in [1.82, 2.24) is 0 Å². The number of carbonyl (C=O) groups excluding carboxylic acids is 2. The number of phenolic OH excluding ortho intramolecular Hbond substituents is 3. The Hall–Kier alpha value is -4.29. The molecule has 1 unspecified atom stereocenters. The Kier molecular flexibility index (Phi) is 17.8. The van der Waals surface area contributed by atoms with E-state index in [2.05, 4.69) is 4.74 Å². The van der Waals surface area contributed by atoms with Crippen molar-refractivity contribution in [3.8, 4) is 28.7 Å². The van der Waals surface area contributed by atoms with E-state index in [1.807, 2.05) is 6.92 Å². The number of aryl methyl sites for hydroxylation is 1. The standard InChI is InChI=1S/C14H16O5.C9H12O4.C7H12O3.CH4/c1-8-9(2)14(16)19-12-7-10(15)6-11(13(8)12)18-5-4-17-3;1-12-2-3-13-9-5-7(10)4-8(11)6-9;1-4-10-7(9)5(2)6(3)8;/h6-7,15H,4-5H2,1-3H3;4-6,10-11H,2-3H2,1H3;5H,4H2,1-3H3;1H4. The van der Waals surface area contributed by atoms with Gasteiger partial charge in [-0.25, -0.2) is 4.79 Å². The van der Waals surface area contributed by atoms with Crippen LogP contribution in [0.4, 0.5) is 0 Å². The summed E-state index contributed by atoms with van der Waals surface area (Å²) in [4.78, 5) is 32.9. The first-order valence-corrected chi connectivity index (χ1v) is 13.1. The maximum absolute atomic E-state index is 11.6. The fraction of sp³-hybridized carbons (Fsp3) is 0.452. The molecular weight excluding hydrogens is 564 g/mol. The zero-order chi connectivity index (χ0) is 31.8. The number of phenols is 3. The van der Waals surface area contributed by atoms with Crippen molar-refractivity contribution in [3.63, 3.8) is 0 Å². The summed E-state index contributed by atoms with van der Waals surface area (Å²) in [6.45, 7) is 10.1. The summed E-state index contributed by atoms with van der Waals surface area (Å²) in [7, 11) is 3.15. The van der Waals surface area contributed by atoms with Crippen LogP contribution < -0.4 is 15.1 Å². The molecule has 1 aromatic heterocycles. The van der Waals surface area contributed by atoms with Gasteiger partial charge in [0.15, 0.2) is 0 Å². The molecule has 3 rings (SSSR count). The van der Waals surface area contributed by atoms with Crippen LogP contribution in [0.15, 0.2) is 39.5 Å². The van der Waals surface area contributed by atoms with Gasteiger partial charge in [0.25, 0.3) is 0 Å². The Morgan fingerprint density at radius 1 is 0.837 bits per heavy atom. The van der Waals surface area contributed by atoms with Crippen LogP contribution in [0.5, 0.6) is 28.7 Å². The summed E-state index contributed by atoms with van der Waals surface area (Å²) in [6, 6.07) is 7.00. The van der Waals surface area contributed by atoms with Gasteiger partial charge in [0, 0.05) is 50.1 Å². The second-order valence-electron chi connectivity index (χ2n) is 8.91. The normalized spacial score (nSPS) is 10.7. The monoisotopic (exact) mass is 608 g/mol. The minimum absolute atomic E-state index is 0. The molecule has 12 heteroatoms. The maximum Gasteiger partial charge on any atom is 0.339 e. The van der Waals surface area contributed by atoms with Gasteiger partial charge in [-0.05, 0) is 40.2 Å². The number of Topliss-reactive ketones (excluding diaryl/α,β-unsaturated/α-hetero) is 1. The van der Waals surface area contributed by atoms with E-state index in [0.717, 1.165) is 5.56 Å². The zero-order valence-corrected chi connectivity index (χ0v) is 25.0. The number of esters is 1. The molecule has 12 nitrogen and oxygen atoms in total. The molecule has 1 heterocycles. The van der Waals surface area contributed by atoms with Crippen molar-refractivity contribution in [1.29, 1.82) is 0 Å². The Bertz CT molecular complexity index is 1340. The summed E-state index contributed by atoms with van der Waals surface area (Å²) < 4.78 is 30.2. The molecule has 1 atom stereocenters. The lowest BCUT2D eigenvalue weighted by Gasteiger charge is -2.12. The third kappa shape index (κ3) is 13.0. The van der Waals surface area contributed by atoms with E-state index in [0.29, 0.717) is 61.1 Å². The first-order valence-electron chi connectivity index (χ1n) is 13.1. The van der Waals surface area contributed by atoms with Gasteiger partial charge in [0.2, 0.25) is 0 Å². The number of aromatic hydroxyl groups is 3. The Morgan fingerprint density at radius 3 is 1.88 bits per heavy atom. The van der Waals surface area contributed by atoms with Crippen LogP contribution >= 0.6 is 0 Å². The van der Waals surface area contributed by atoms with E-state index in [1.54, 1.807) is 35.0 Å². The third-order valence-electron chi connectivity index (χ3n) is 5.72. The fourth-order valence-electron chi connectivity index (χ4n) is 3.22. The van der Waals surface area contributed by atoms with Crippen LogP contribution in [-0.4, -0.2) is 74.3 Å². The number of fused-ring (bicyclic) bond motifs is 1. The number of carbonyl (C=O) groups is 2. The van der Waals surface area contributed by atoms with Gasteiger partial charge < -0.3 is 43.4 Å². The molecule has 43 heavy (non-hydrogen) atoms. The molecule has 2 aromatic carbocycles. The van der Waals surface area contributed by atoms with E-state index < -0.39 is 17.5 Å². The van der Waals surface area contributed by atoms with Crippen molar-refractivity contribution in [2.75, 3.05) is 47.3 Å². The van der Waals surface area contributed by atoms with Crippen molar-refractivity contribution in [3.05, 3.63) is 51.9 Å². The molecule has 0 radical (unpaired) electrons. The summed E-state index contributed by atoms with van der Waals surface area (Å²) in [5.74, 6) is -0.342. The summed E-state index contributed by atoms with van der Waals surface area (Å²) in [5, 5.41) is 28.5. The Labute approximate surface area is 251 Å². The van der Waals surface area contributed by atoms with E-state index in [-0.39, 0.29) is 30.5 Å². The molecule has 240 valence electrons. The van der Waals surface area contributed by atoms with Gasteiger partial charge in [-0.15, -0.1) is 0 Å². The number of ketones is 1. The lowest BCUT2D eigenvalue weighted by molar-refractivity contribution is -0.150. The van der Waals surface area contributed by atoms with Crippen molar-refractivity contribution in [2.24, 2.45) is 5.92 Å². The van der Waals surface area contributed by atoms with Gasteiger partial charge in [-0.1, -0.05) is 7.43 Å². The summed E-state index contributed by atoms with van der Waals surface area (Å²) in [6.07, 6.45) is 0. The molecule has 3 aromatic rings. The number of methoxy groups -OCH3 is 2. The second-order valence-corrected chi connectivity index (χ2v) is 8.91. The van der Waals surface area contributed by atoms with Crippen LogP contribution in [0.1, 0.15) is 39.3 Å². The highest BCUT2D eigenvalue weighted by molar-refractivity contribution is 5.97. The highest BCUT2D eigenvalue weighted by Crippen LogP contribution is 2.33. The molecule has 0 aliphatic heterocycles. The van der Waals surface area contributed by atoms with E-state index in [1.165, 1.54) is 37.3 Å². The largest absolute Gasteiger partial charge is 0.508 e. The predicted molar refractivity (Wildman–Crippen MR) is 161 cm³/mol. The van der Waals surface area contributed by atoms with Gasteiger partial charge >= 0.3 is 11.6 Å². The average Bonchev–Trinajstić information content (AvgIpc) is 2.91. The quantitative estimate of drug-likeness (QED) is 0.119. The smallest absolute Gasteiger partial charge is 0.339 e. The molecule has 0 aliphatic carbocycles. The Balaban J connectivity index is 0.000000647. The number of hydrogen-bond acceptors (Lipinski definition) is 12. The zero-order valence-electron chi connectivity index (χ0n) is 25.0. The predicted octanol–water partition coefficient (Wildman–Crippen LogP) is 4.67. The minimum Gasteiger partial charge on any atom is -0.508 e. The third-order valence-corrected chi connectivity index (χ3v) is 5.72. The lowest BCUT2D eigenvalue weighted by Crippen LogP contribution is -2.20. The Morgan fingerprint density at radius 2 is 1.37 bits per heavy atom. The van der Waals surface area contributed by atoms with E-state index in [9.17, 15) is 19.5 Å². The number of rotatable bonds is 11. The average molecular weight is 609 g/mol. The van der Waals surface area contributed by atoms with Gasteiger partial charge in [-0.2, -0.15) is 0 Å². The molecule has 3 N–H and O–H groups in total. The van der Waals surface area contributed by atoms with Crippen LogP contribution in [0, 0.1) is 19.8 Å². The van der Waals surface area contributed by atoms with Gasteiger partial charge in [-0.3, -0.25) is 9.59 Å². The first-order chi connectivity index (χ1) is 19.9. The minimum atomic E-state index is -0.611. The van der Waals surface area contributed by atoms with Crippen LogP contribution in [-0.2, 0) is 23.8 Å². The SMILES string of the molecule is C.CCOC(=O)C(C)C(C)=O.COCCOc1cc(O)cc(O)c1.COCCOc1cc(O)cc2oc(=O)c(C)c(C)c12. The van der Waals surface area contributed by atoms with Crippen molar-refractivity contribution >= 4 is 22.7 Å². The molecule has 0 fully saturated rings. The highest BCUT2D eigenvalue weighted by atomic mass is 16.5. The van der Waals surface area contributed by atoms with Crippen molar-refractivity contribution < 1.29 is 53.0 Å². The summed E-state index contributed by atoms with van der Waals surface area (Å²) >= 11 is 0. The molecule has 0 saturated carbocycles. The highest BCUT2D eigenvalue weighted by Gasteiger charge is 2.18. The van der Waals surface area contributed by atoms with Crippen molar-refractivity contribution in [2.45, 2.75) is 42.0 Å². The van der Waals surface area contributed by atoms with Crippen LogP contribution in [0.2, 0.25) is 0 Å². The molecule has 0 spiro atoms. The number of hydrogen-bond donors (Lipinski definition) is 3. The number of ether oxygens (including phenoxy) is 5. The van der Waals surface area contributed by atoms with Crippen LogP contribution in [0.25, 0.3) is 11.0 Å². The topological polar surface area (TPSA) is 171 Å². The molecule has 0 bridgehead atoms. The van der Waals surface area contributed by atoms with Crippen LogP contribution in [0.3, 0.4) is 0 Å². The fourth-order valence-corrected chi connectivity index (χ4v) is 3.22. The lowest BCUT2D eigenvalue weighted by atomic mass is 10.1. The molecule has 0 amide bonds. The van der Waals surface area contributed by atoms with E-state index in [4.69, 9.17) is 33.6 Å². The second kappa shape index (κ2) is 19.8. The maximum atomic E-state index is 11.6. The molecular formula is C31H44O12. The molecule has 0 aliphatic rings. The van der Waals surface area contributed by atoms with E-state index >= 15 is 0 Å².